The van der Waals surface area contributed by atoms with Crippen LogP contribution in [-0.2, 0) is 13.0 Å². The zero-order valence-corrected chi connectivity index (χ0v) is 13.6. The van der Waals surface area contributed by atoms with E-state index in [2.05, 4.69) is 4.98 Å². The van der Waals surface area contributed by atoms with E-state index in [9.17, 15) is 4.39 Å². The van der Waals surface area contributed by atoms with Gasteiger partial charge in [0.05, 0.1) is 23.4 Å². The minimum atomic E-state index is -0.194. The van der Waals surface area contributed by atoms with E-state index in [1.54, 1.807) is 17.4 Å². The fourth-order valence-electron chi connectivity index (χ4n) is 2.35. The summed E-state index contributed by atoms with van der Waals surface area (Å²) in [6.45, 7) is 4.69. The van der Waals surface area contributed by atoms with E-state index in [1.165, 1.54) is 6.07 Å². The van der Waals surface area contributed by atoms with Crippen LogP contribution in [0.2, 0.25) is 0 Å². The first-order valence-corrected chi connectivity index (χ1v) is 8.04. The van der Waals surface area contributed by atoms with Crippen LogP contribution in [0.15, 0.2) is 23.7 Å². The number of benzene rings is 1. The van der Waals surface area contributed by atoms with Crippen molar-refractivity contribution in [2.75, 3.05) is 11.9 Å². The number of aromatic nitrogens is 1. The van der Waals surface area contributed by atoms with Crippen LogP contribution in [0.25, 0.3) is 0 Å². The first-order chi connectivity index (χ1) is 10.0. The average molecular weight is 307 g/mol. The minimum absolute atomic E-state index is 0.0593. The molecule has 114 valence electrons. The van der Waals surface area contributed by atoms with Crippen molar-refractivity contribution in [2.24, 2.45) is 5.73 Å². The fraction of sp³-hybridized carbons (Fsp3) is 0.438. The second-order valence-electron chi connectivity index (χ2n) is 5.34. The van der Waals surface area contributed by atoms with Gasteiger partial charge in [0.25, 0.3) is 0 Å². The highest BCUT2D eigenvalue weighted by Crippen LogP contribution is 2.27. The normalized spacial score (nSPS) is 12.4. The number of thiazole rings is 1. The number of halogens is 1. The van der Waals surface area contributed by atoms with E-state index >= 15 is 0 Å². The maximum atomic E-state index is 14.3. The number of hydrogen-bond donors (Lipinski definition) is 1. The van der Waals surface area contributed by atoms with Gasteiger partial charge in [-0.15, -0.1) is 11.3 Å². The summed E-state index contributed by atoms with van der Waals surface area (Å²) in [5, 5.41) is 0. The summed E-state index contributed by atoms with van der Waals surface area (Å²) in [5.41, 5.74) is 10.5. The Hall–Kier alpha value is -1.46. The van der Waals surface area contributed by atoms with Crippen LogP contribution in [0.1, 0.15) is 29.5 Å². The highest BCUT2D eigenvalue weighted by atomic mass is 32.1. The fourth-order valence-corrected chi connectivity index (χ4v) is 3.18. The van der Waals surface area contributed by atoms with Crippen molar-refractivity contribution in [2.45, 2.75) is 39.3 Å². The minimum Gasteiger partial charge on any atom is -0.367 e. The predicted octanol–water partition coefficient (Wildman–Crippen LogP) is 3.51. The summed E-state index contributed by atoms with van der Waals surface area (Å²) in [6, 6.07) is 5.28. The number of hydrogen-bond acceptors (Lipinski definition) is 4. The zero-order valence-electron chi connectivity index (χ0n) is 12.8. The number of para-hydroxylation sites is 1. The Balaban J connectivity index is 2.26. The maximum absolute atomic E-state index is 14.3. The highest BCUT2D eigenvalue weighted by molar-refractivity contribution is 7.09. The molecule has 0 radical (unpaired) electrons. The first-order valence-electron chi connectivity index (χ1n) is 7.16. The molecule has 3 nitrogen and oxygen atoms in total. The molecule has 0 saturated heterocycles. The number of anilines is 1. The molecule has 0 aliphatic heterocycles. The summed E-state index contributed by atoms with van der Waals surface area (Å²) in [7, 11) is 1.92. The summed E-state index contributed by atoms with van der Waals surface area (Å²) < 4.78 is 14.3. The van der Waals surface area contributed by atoms with Crippen molar-refractivity contribution in [3.8, 4) is 0 Å². The van der Waals surface area contributed by atoms with Crippen molar-refractivity contribution in [1.82, 2.24) is 4.98 Å². The summed E-state index contributed by atoms with van der Waals surface area (Å²) in [6.07, 6.45) is 1.57. The third-order valence-electron chi connectivity index (χ3n) is 3.68. The predicted molar refractivity (Wildman–Crippen MR) is 87.3 cm³/mol. The maximum Gasteiger partial charge on any atom is 0.146 e. The van der Waals surface area contributed by atoms with Crippen molar-refractivity contribution in [1.29, 1.82) is 0 Å². The topological polar surface area (TPSA) is 42.1 Å². The quantitative estimate of drug-likeness (QED) is 0.888. The molecule has 1 aromatic heterocycles. The van der Waals surface area contributed by atoms with Gasteiger partial charge in [-0.25, -0.2) is 9.37 Å². The Bertz CT molecular complexity index is 597. The van der Waals surface area contributed by atoms with Gasteiger partial charge in [0.15, 0.2) is 0 Å². The highest BCUT2D eigenvalue weighted by Gasteiger charge is 2.16. The molecule has 0 aliphatic rings. The molecule has 1 unspecified atom stereocenters. The largest absolute Gasteiger partial charge is 0.367 e. The molecule has 2 aromatic rings. The molecule has 1 aromatic carbocycles. The van der Waals surface area contributed by atoms with Crippen LogP contribution in [-0.4, -0.2) is 18.1 Å². The lowest BCUT2D eigenvalue weighted by atomic mass is 10.0. The molecule has 0 spiro atoms. The number of nitrogens with two attached hydrogens (primary N) is 1. The molecule has 0 amide bonds. The van der Waals surface area contributed by atoms with Crippen molar-refractivity contribution in [3.63, 3.8) is 0 Å². The Morgan fingerprint density at radius 3 is 2.81 bits per heavy atom. The van der Waals surface area contributed by atoms with Crippen molar-refractivity contribution < 1.29 is 4.39 Å². The van der Waals surface area contributed by atoms with Crippen LogP contribution in [0.4, 0.5) is 10.1 Å². The second kappa shape index (κ2) is 7.00. The van der Waals surface area contributed by atoms with Gasteiger partial charge in [0.1, 0.15) is 5.82 Å². The first kappa shape index (κ1) is 15.9. The molecule has 5 heteroatoms. The third kappa shape index (κ3) is 3.80. The lowest BCUT2D eigenvalue weighted by Crippen LogP contribution is -2.25. The zero-order chi connectivity index (χ0) is 15.4. The van der Waals surface area contributed by atoms with E-state index in [4.69, 9.17) is 5.73 Å². The van der Waals surface area contributed by atoms with Gasteiger partial charge in [0.2, 0.25) is 0 Å². The van der Waals surface area contributed by atoms with E-state index in [0.29, 0.717) is 18.7 Å². The summed E-state index contributed by atoms with van der Waals surface area (Å²) in [5.74, 6) is -0.194. The summed E-state index contributed by atoms with van der Waals surface area (Å²) >= 11 is 1.60. The van der Waals surface area contributed by atoms with Crippen molar-refractivity contribution in [3.05, 3.63) is 45.7 Å². The number of aryl methyl sites for hydroxylation is 1. The van der Waals surface area contributed by atoms with E-state index in [0.717, 1.165) is 22.6 Å². The lowest BCUT2D eigenvalue weighted by molar-refractivity contribution is 0.609. The van der Waals surface area contributed by atoms with Gasteiger partial charge < -0.3 is 10.6 Å². The monoisotopic (exact) mass is 307 g/mol. The molecule has 0 bridgehead atoms. The SMILES string of the molecule is CCC(N)Cc1cccc(F)c1N(C)Cc1scnc1C. The molecular weight excluding hydrogens is 285 g/mol. The third-order valence-corrected chi connectivity index (χ3v) is 4.60. The van der Waals surface area contributed by atoms with Crippen LogP contribution >= 0.6 is 11.3 Å². The Morgan fingerprint density at radius 2 is 2.19 bits per heavy atom. The van der Waals surface area contributed by atoms with Gasteiger partial charge in [-0.1, -0.05) is 19.1 Å². The molecule has 0 aliphatic carbocycles. The van der Waals surface area contributed by atoms with Gasteiger partial charge in [-0.3, -0.25) is 0 Å². The van der Waals surface area contributed by atoms with E-state index in [1.807, 2.05) is 37.4 Å². The Morgan fingerprint density at radius 1 is 1.43 bits per heavy atom. The Labute approximate surface area is 129 Å². The molecule has 0 saturated carbocycles. The second-order valence-corrected chi connectivity index (χ2v) is 6.28. The number of rotatable bonds is 6. The van der Waals surface area contributed by atoms with Gasteiger partial charge in [-0.05, 0) is 31.4 Å². The molecular formula is C16H22FN3S. The van der Waals surface area contributed by atoms with Crippen molar-refractivity contribution >= 4 is 17.0 Å². The van der Waals surface area contributed by atoms with Crippen LogP contribution in [0.5, 0.6) is 0 Å². The van der Waals surface area contributed by atoms with E-state index in [-0.39, 0.29) is 11.9 Å². The van der Waals surface area contributed by atoms with Crippen LogP contribution in [0.3, 0.4) is 0 Å². The van der Waals surface area contributed by atoms with E-state index < -0.39 is 0 Å². The average Bonchev–Trinajstić information content (AvgIpc) is 2.84. The van der Waals surface area contributed by atoms with Gasteiger partial charge in [-0.2, -0.15) is 0 Å². The molecule has 2 N–H and O–H groups in total. The summed E-state index contributed by atoms with van der Waals surface area (Å²) in [4.78, 5) is 7.36. The molecule has 0 fully saturated rings. The van der Waals surface area contributed by atoms with Crippen LogP contribution < -0.4 is 10.6 Å². The van der Waals surface area contributed by atoms with Crippen LogP contribution in [0, 0.1) is 12.7 Å². The smallest absolute Gasteiger partial charge is 0.146 e. The lowest BCUT2D eigenvalue weighted by Gasteiger charge is -2.24. The molecule has 1 atom stereocenters. The van der Waals surface area contributed by atoms with Gasteiger partial charge >= 0.3 is 0 Å². The molecule has 21 heavy (non-hydrogen) atoms. The molecule has 1 heterocycles. The molecule has 2 rings (SSSR count). The number of nitrogens with zero attached hydrogens (tertiary/aromatic N) is 2. The Kier molecular flexibility index (Phi) is 5.31. The standard InChI is InChI=1S/C16H22FN3S/c1-4-13(18)8-12-6-5-7-14(17)16(12)20(3)9-15-11(2)19-10-21-15/h5-7,10,13H,4,8-9,18H2,1-3H3. The van der Waals surface area contributed by atoms with Gasteiger partial charge in [0, 0.05) is 18.0 Å².